The summed E-state index contributed by atoms with van der Waals surface area (Å²) in [6.45, 7) is 7.26. The number of nitrogens with one attached hydrogen (secondary N) is 1. The molecule has 3 aliphatic heterocycles. The van der Waals surface area contributed by atoms with E-state index in [9.17, 15) is 14.7 Å². The van der Waals surface area contributed by atoms with Gasteiger partial charge >= 0.3 is 0 Å². The van der Waals surface area contributed by atoms with E-state index in [1.807, 2.05) is 4.90 Å². The summed E-state index contributed by atoms with van der Waals surface area (Å²) in [5.41, 5.74) is 6.19. The number of rotatable bonds is 6. The Hall–Kier alpha value is -3.11. The Morgan fingerprint density at radius 3 is 2.77 bits per heavy atom. The smallest absolute Gasteiger partial charge is 0.233 e. The molecule has 1 saturated heterocycles. The number of aliphatic hydroxyl groups excluding tert-OH is 1. The molecule has 10 heteroatoms. The summed E-state index contributed by atoms with van der Waals surface area (Å²) in [5.74, 6) is -0.111. The molecule has 0 radical (unpaired) electrons. The maximum absolute atomic E-state index is 15.7. The first-order valence-electron chi connectivity index (χ1n) is 11.7. The van der Waals surface area contributed by atoms with E-state index in [0.717, 1.165) is 23.9 Å². The lowest BCUT2D eigenvalue weighted by molar-refractivity contribution is -0.119. The molecule has 3 heterocycles. The minimum atomic E-state index is -0.444. The zero-order valence-corrected chi connectivity index (χ0v) is 20.6. The molecule has 1 aromatic carbocycles. The minimum absolute atomic E-state index is 0.0364. The van der Waals surface area contributed by atoms with Crippen molar-refractivity contribution in [3.63, 3.8) is 0 Å². The fourth-order valence-corrected chi connectivity index (χ4v) is 6.28. The third kappa shape index (κ3) is 3.84. The maximum Gasteiger partial charge on any atom is 0.233 e. The second-order valence-electron chi connectivity index (χ2n) is 9.35. The van der Waals surface area contributed by atoms with Crippen LogP contribution in [0.3, 0.4) is 0 Å². The monoisotopic (exact) mass is 500 g/mol. The molecule has 1 aliphatic carbocycles. The number of hydrogen-bond donors (Lipinski definition) is 3. The summed E-state index contributed by atoms with van der Waals surface area (Å²) in [6.07, 6.45) is 2.68. The lowest BCUT2D eigenvalue weighted by Crippen LogP contribution is -2.35. The van der Waals surface area contributed by atoms with Crippen molar-refractivity contribution in [2.75, 3.05) is 38.2 Å². The van der Waals surface area contributed by atoms with Gasteiger partial charge in [0, 0.05) is 31.1 Å². The predicted molar refractivity (Wildman–Crippen MR) is 135 cm³/mol. The van der Waals surface area contributed by atoms with E-state index in [1.54, 1.807) is 0 Å². The molecule has 8 nitrogen and oxygen atoms in total. The van der Waals surface area contributed by atoms with Gasteiger partial charge in [-0.05, 0) is 43.4 Å². The standard InChI is InChI=1S/C25H29FN4O4S/c1-12-16-8-17(26)21(29-7-6-14(11-29)10-28-18(32)9-27)23(34-3)20(16)30(15-4-5-15)25-19(12)22(33)24(35-25)13(2)31/h8,14-15,31H,1,4-7,9-11,27H2,2-3H3,(H,28,32)/b24-13+/t14-/m0/s1. The first kappa shape index (κ1) is 23.6. The fraction of sp³-hybridized carbons (Fsp3) is 0.440. The second kappa shape index (κ2) is 8.83. The van der Waals surface area contributed by atoms with Crippen molar-refractivity contribution in [1.82, 2.24) is 9.88 Å². The Labute approximate surface area is 204 Å². The van der Waals surface area contributed by atoms with Gasteiger partial charge in [0.1, 0.15) is 20.6 Å². The number of anilines is 1. The summed E-state index contributed by atoms with van der Waals surface area (Å²) >= 11 is 1.24. The van der Waals surface area contributed by atoms with Gasteiger partial charge in [0.05, 0.1) is 24.4 Å². The van der Waals surface area contributed by atoms with Crippen LogP contribution in [0.15, 0.2) is 10.9 Å². The van der Waals surface area contributed by atoms with Crippen molar-refractivity contribution in [1.29, 1.82) is 0 Å². The van der Waals surface area contributed by atoms with E-state index in [-0.39, 0.29) is 40.1 Å². The van der Waals surface area contributed by atoms with E-state index < -0.39 is 5.82 Å². The number of aliphatic hydroxyl groups is 1. The van der Waals surface area contributed by atoms with Crippen molar-refractivity contribution in [3.05, 3.63) is 41.7 Å². The molecule has 186 valence electrons. The number of hydrogen-bond acceptors (Lipinski definition) is 7. The highest BCUT2D eigenvalue weighted by atomic mass is 32.1. The van der Waals surface area contributed by atoms with Gasteiger partial charge in [-0.1, -0.05) is 6.58 Å². The van der Waals surface area contributed by atoms with Crippen LogP contribution in [0, 0.1) is 21.6 Å². The van der Waals surface area contributed by atoms with Gasteiger partial charge in [-0.15, -0.1) is 11.3 Å². The lowest BCUT2D eigenvalue weighted by atomic mass is 10.1. The number of aromatic nitrogens is 1. The fourth-order valence-electron chi connectivity index (χ4n) is 5.09. The quantitative estimate of drug-likeness (QED) is 0.470. The molecule has 1 atom stereocenters. The van der Waals surface area contributed by atoms with Gasteiger partial charge in [-0.25, -0.2) is 4.39 Å². The zero-order valence-electron chi connectivity index (χ0n) is 19.8. The molecule has 4 N–H and O–H groups in total. The van der Waals surface area contributed by atoms with E-state index in [4.69, 9.17) is 10.5 Å². The lowest BCUT2D eigenvalue weighted by Gasteiger charge is -2.25. The number of carbonyl (C=O) groups is 1. The summed E-state index contributed by atoms with van der Waals surface area (Å²) in [5, 5.41) is 14.3. The van der Waals surface area contributed by atoms with Crippen molar-refractivity contribution < 1.29 is 19.0 Å². The highest BCUT2D eigenvalue weighted by Gasteiger charge is 2.33. The van der Waals surface area contributed by atoms with Gasteiger partial charge in [0.2, 0.25) is 11.3 Å². The first-order chi connectivity index (χ1) is 16.8. The number of amides is 1. The number of halogens is 1. The summed E-state index contributed by atoms with van der Waals surface area (Å²) in [6, 6.07) is 1.61. The molecule has 1 amide bonds. The molecule has 2 fully saturated rings. The van der Waals surface area contributed by atoms with Crippen LogP contribution in [-0.2, 0) is 4.79 Å². The molecule has 0 bridgehead atoms. The normalized spacial score (nSPS) is 19.0. The molecule has 0 aromatic heterocycles. The molecule has 5 rings (SSSR count). The van der Waals surface area contributed by atoms with E-state index in [0.29, 0.717) is 52.4 Å². The highest BCUT2D eigenvalue weighted by Crippen LogP contribution is 2.44. The number of benzene rings is 1. The van der Waals surface area contributed by atoms with Gasteiger partial charge in [0.25, 0.3) is 0 Å². The Balaban J connectivity index is 1.73. The molecule has 0 spiro atoms. The van der Waals surface area contributed by atoms with E-state index >= 15 is 4.39 Å². The zero-order chi connectivity index (χ0) is 25.0. The number of methoxy groups -OCH3 is 1. The number of nitrogens with zero attached hydrogens (tertiary/aromatic N) is 2. The average molecular weight is 501 g/mol. The van der Waals surface area contributed by atoms with Gasteiger partial charge < -0.3 is 30.4 Å². The van der Waals surface area contributed by atoms with Gasteiger partial charge in [-0.2, -0.15) is 0 Å². The Morgan fingerprint density at radius 2 is 2.14 bits per heavy atom. The Kier molecular flexibility index (Phi) is 5.96. The molecule has 4 aliphatic rings. The van der Waals surface area contributed by atoms with Crippen molar-refractivity contribution >= 4 is 46.2 Å². The number of fused-ring (bicyclic) bond motifs is 1. The number of ether oxygens (including phenoxy) is 1. The third-order valence-corrected chi connectivity index (χ3v) is 8.21. The number of carbonyl (C=O) groups excluding carboxylic acids is 1. The Bertz CT molecular complexity index is 1570. The van der Waals surface area contributed by atoms with E-state index in [2.05, 4.69) is 16.5 Å². The van der Waals surface area contributed by atoms with Gasteiger partial charge in [-0.3, -0.25) is 9.59 Å². The van der Waals surface area contributed by atoms with Crippen LogP contribution >= 0.6 is 11.3 Å². The second-order valence-corrected chi connectivity index (χ2v) is 10.4. The van der Waals surface area contributed by atoms with E-state index in [1.165, 1.54) is 31.4 Å². The highest BCUT2D eigenvalue weighted by molar-refractivity contribution is 7.07. The van der Waals surface area contributed by atoms with Crippen LogP contribution in [-0.4, -0.2) is 48.9 Å². The topological polar surface area (TPSA) is 110 Å². The summed E-state index contributed by atoms with van der Waals surface area (Å²) in [4.78, 5) is 26.6. The molecule has 0 unspecified atom stereocenters. The average Bonchev–Trinajstić information content (AvgIpc) is 3.45. The third-order valence-electron chi connectivity index (χ3n) is 6.94. The minimum Gasteiger partial charge on any atom is -0.511 e. The summed E-state index contributed by atoms with van der Waals surface area (Å²) < 4.78 is 24.7. The Morgan fingerprint density at radius 1 is 1.40 bits per heavy atom. The number of nitrogens with two attached hydrogens (primary N) is 1. The van der Waals surface area contributed by atoms with Crippen LogP contribution in [0.4, 0.5) is 10.1 Å². The largest absolute Gasteiger partial charge is 0.511 e. The predicted octanol–water partition coefficient (Wildman–Crippen LogP) is 1.27. The summed E-state index contributed by atoms with van der Waals surface area (Å²) in [7, 11) is 1.53. The van der Waals surface area contributed by atoms with Crippen LogP contribution in [0.5, 0.6) is 5.75 Å². The SMILES string of the molecule is C=c1c2c(=O)/c(=C(/C)O)sc=2n(C2CC2)c2c(OC)c(N3CC[C@@H](CNC(=O)CN)C3)c(F)cc12. The molecule has 1 aromatic rings. The molecule has 1 saturated carbocycles. The molecular formula is C25H29FN4O4S. The van der Waals surface area contributed by atoms with Crippen molar-refractivity contribution in [2.24, 2.45) is 11.7 Å². The molecular weight excluding hydrogens is 471 g/mol. The first-order valence-corrected chi connectivity index (χ1v) is 12.6. The van der Waals surface area contributed by atoms with Crippen LogP contribution < -0.4 is 35.9 Å². The van der Waals surface area contributed by atoms with Crippen LogP contribution in [0.25, 0.3) is 23.2 Å². The van der Waals surface area contributed by atoms with Crippen LogP contribution in [0.2, 0.25) is 0 Å². The van der Waals surface area contributed by atoms with Gasteiger partial charge in [0.15, 0.2) is 11.6 Å². The maximum atomic E-state index is 15.7. The molecule has 35 heavy (non-hydrogen) atoms. The van der Waals surface area contributed by atoms with Crippen molar-refractivity contribution in [2.45, 2.75) is 32.2 Å². The van der Waals surface area contributed by atoms with Crippen molar-refractivity contribution in [3.8, 4) is 5.75 Å². The van der Waals surface area contributed by atoms with Crippen LogP contribution in [0.1, 0.15) is 32.2 Å².